The van der Waals surface area contributed by atoms with Gasteiger partial charge in [0.1, 0.15) is 29.5 Å². The van der Waals surface area contributed by atoms with E-state index in [1.165, 1.54) is 11.0 Å². The van der Waals surface area contributed by atoms with Gasteiger partial charge in [0.25, 0.3) is 5.91 Å². The van der Waals surface area contributed by atoms with E-state index >= 15 is 0 Å². The molecule has 3 N–H and O–H groups in total. The van der Waals surface area contributed by atoms with E-state index in [9.17, 15) is 27.6 Å². The van der Waals surface area contributed by atoms with E-state index in [1.807, 2.05) is 63.2 Å². The van der Waals surface area contributed by atoms with Crippen molar-refractivity contribution in [1.82, 2.24) is 20.3 Å². The smallest absolute Gasteiger partial charge is 0.407 e. The lowest BCUT2D eigenvalue weighted by atomic mass is 9.85. The lowest BCUT2D eigenvalue weighted by molar-refractivity contribution is -0.142. The zero-order valence-corrected chi connectivity index (χ0v) is 30.3. The van der Waals surface area contributed by atoms with Crippen molar-refractivity contribution < 1.29 is 37.1 Å². The van der Waals surface area contributed by atoms with Crippen molar-refractivity contribution in [3.05, 3.63) is 60.7 Å². The Labute approximate surface area is 299 Å². The lowest BCUT2D eigenvalue weighted by Gasteiger charge is -2.35. The summed E-state index contributed by atoms with van der Waals surface area (Å²) in [5, 5.41) is 6.98. The number of carbonyl (C=O) groups excluding carboxylic acids is 4. The molecule has 3 fully saturated rings. The van der Waals surface area contributed by atoms with Gasteiger partial charge in [-0.25, -0.2) is 13.2 Å². The Hall–Kier alpha value is -4.39. The highest BCUT2D eigenvalue weighted by Crippen LogP contribution is 2.45. The molecule has 0 aromatic heterocycles. The van der Waals surface area contributed by atoms with Gasteiger partial charge in [0.05, 0.1) is 18.4 Å². The Morgan fingerprint density at radius 2 is 1.84 bits per heavy atom. The zero-order valence-electron chi connectivity index (χ0n) is 29.5. The van der Waals surface area contributed by atoms with E-state index in [0.29, 0.717) is 25.0 Å². The van der Waals surface area contributed by atoms with Crippen LogP contribution in [0.5, 0.6) is 5.75 Å². The van der Waals surface area contributed by atoms with Crippen LogP contribution in [0.25, 0.3) is 16.8 Å². The fourth-order valence-corrected chi connectivity index (χ4v) is 8.37. The number of sulfonamides is 1. The summed E-state index contributed by atoms with van der Waals surface area (Å²) in [5.41, 5.74) is -1.40. The number of alkyl carbamates (subject to hydrolysis) is 1. The number of carbonyl (C=O) groups is 4. The maximum atomic E-state index is 14.5. The number of ether oxygens (including phenoxy) is 2. The molecule has 6 rings (SSSR count). The molecule has 274 valence electrons. The molecule has 1 saturated heterocycles. The van der Waals surface area contributed by atoms with Gasteiger partial charge in [-0.15, -0.1) is 6.58 Å². The van der Waals surface area contributed by atoms with E-state index < -0.39 is 74.1 Å². The third-order valence-electron chi connectivity index (χ3n) is 10.2. The van der Waals surface area contributed by atoms with Gasteiger partial charge in [-0.3, -0.25) is 19.1 Å². The molecule has 2 aromatic rings. The van der Waals surface area contributed by atoms with E-state index in [1.54, 1.807) is 0 Å². The number of nitrogens with zero attached hydrogens (tertiary/aromatic N) is 1. The van der Waals surface area contributed by atoms with Gasteiger partial charge in [0.15, 0.2) is 0 Å². The van der Waals surface area contributed by atoms with Gasteiger partial charge in [0, 0.05) is 17.9 Å². The standard InChI is InChI=1S/C38H48N4O8S/c1-5-25-22-38(25,35(45)41-51(47,48)27-17-18-27)40-33(43)30-21-26-23-42(30)34(44)32(37(2,3)4)39-36(46)49-20-12-8-6-7-9-15-29-28-14-11-10-13-24(28)16-19-31(29)50-26/h5,9-11,13-16,19,25-27,30,32H,1,6-8,12,17-18,20-23H2,2-4H3,(H,39,46)(H,40,43)(H,41,45)/b15-9+/t25-,26+,30-,32+,38-/m0/s1. The van der Waals surface area contributed by atoms with Crippen molar-refractivity contribution in [2.75, 3.05) is 13.2 Å². The van der Waals surface area contributed by atoms with Crippen LogP contribution < -0.4 is 20.1 Å². The second kappa shape index (κ2) is 14.3. The summed E-state index contributed by atoms with van der Waals surface area (Å²) >= 11 is 0. The highest BCUT2D eigenvalue weighted by Gasteiger charge is 2.62. The second-order valence-electron chi connectivity index (χ2n) is 15.2. The zero-order chi connectivity index (χ0) is 36.6. The molecule has 2 aromatic carbocycles. The molecule has 0 unspecified atom stereocenters. The van der Waals surface area contributed by atoms with Gasteiger partial charge in [-0.05, 0) is 67.2 Å². The lowest BCUT2D eigenvalue weighted by Crippen LogP contribution is -2.60. The first kappa shape index (κ1) is 36.4. The van der Waals surface area contributed by atoms with E-state index in [2.05, 4.69) is 28.0 Å². The van der Waals surface area contributed by atoms with Crippen LogP contribution in [0.4, 0.5) is 4.79 Å². The quantitative estimate of drug-likeness (QED) is 0.366. The normalized spacial score (nSPS) is 28.2. The first-order chi connectivity index (χ1) is 24.2. The second-order valence-corrected chi connectivity index (χ2v) is 17.2. The Morgan fingerprint density at radius 1 is 1.08 bits per heavy atom. The van der Waals surface area contributed by atoms with Crippen molar-refractivity contribution in [3.63, 3.8) is 0 Å². The number of nitrogens with one attached hydrogen (secondary N) is 3. The number of hydrogen-bond acceptors (Lipinski definition) is 8. The van der Waals surface area contributed by atoms with Crippen LogP contribution in [0.1, 0.15) is 77.7 Å². The topological polar surface area (TPSA) is 160 Å². The molecule has 13 heteroatoms. The summed E-state index contributed by atoms with van der Waals surface area (Å²) in [6.45, 7) is 9.44. The summed E-state index contributed by atoms with van der Waals surface area (Å²) in [4.78, 5) is 56.5. The average molecular weight is 721 g/mol. The Bertz CT molecular complexity index is 1850. The number of hydrogen-bond donors (Lipinski definition) is 3. The average Bonchev–Trinajstić information content (AvgIpc) is 4.01. The minimum absolute atomic E-state index is 0.0242. The van der Waals surface area contributed by atoms with Gasteiger partial charge in [-0.1, -0.05) is 69.3 Å². The number of rotatable bonds is 6. The SMILES string of the molecule is C=C[C@H]1C[C@@]1(NC(=O)[C@@H]1C[C@@H]2CN1C(=O)[C@H](C(C)(C)C)NC(=O)OCCCCC/C=C/c1c(ccc3ccccc13)O2)C(=O)NS(=O)(=O)C1CC1. The minimum atomic E-state index is -3.88. The molecule has 2 aliphatic heterocycles. The summed E-state index contributed by atoms with van der Waals surface area (Å²) in [7, 11) is -3.88. The fourth-order valence-electron chi connectivity index (χ4n) is 7.01. The summed E-state index contributed by atoms with van der Waals surface area (Å²) < 4.78 is 39.6. The number of fused-ring (bicyclic) bond motifs is 5. The van der Waals surface area contributed by atoms with Crippen molar-refractivity contribution in [1.29, 1.82) is 0 Å². The van der Waals surface area contributed by atoms with E-state index in [-0.39, 0.29) is 26.0 Å². The Balaban J connectivity index is 1.34. The largest absolute Gasteiger partial charge is 0.488 e. The van der Waals surface area contributed by atoms with Crippen molar-refractivity contribution in [2.45, 2.75) is 101 Å². The van der Waals surface area contributed by atoms with Crippen LogP contribution >= 0.6 is 0 Å². The number of amides is 4. The van der Waals surface area contributed by atoms with Crippen LogP contribution in [-0.4, -0.2) is 79.3 Å². The van der Waals surface area contributed by atoms with Crippen LogP contribution in [0.15, 0.2) is 55.1 Å². The molecule has 12 nitrogen and oxygen atoms in total. The van der Waals surface area contributed by atoms with Crippen molar-refractivity contribution in [2.24, 2.45) is 11.3 Å². The minimum Gasteiger partial charge on any atom is -0.488 e. The first-order valence-corrected chi connectivity index (χ1v) is 19.4. The third kappa shape index (κ3) is 7.93. The van der Waals surface area contributed by atoms with Gasteiger partial charge in [0.2, 0.25) is 21.8 Å². The van der Waals surface area contributed by atoms with Gasteiger partial charge >= 0.3 is 6.09 Å². The number of benzene rings is 2. The third-order valence-corrected chi connectivity index (χ3v) is 12.0. The highest BCUT2D eigenvalue weighted by molar-refractivity contribution is 7.91. The Morgan fingerprint density at radius 3 is 2.55 bits per heavy atom. The van der Waals surface area contributed by atoms with Gasteiger partial charge < -0.3 is 25.0 Å². The molecule has 51 heavy (non-hydrogen) atoms. The maximum absolute atomic E-state index is 14.5. The van der Waals surface area contributed by atoms with E-state index in [0.717, 1.165) is 35.6 Å². The van der Waals surface area contributed by atoms with Crippen LogP contribution in [0, 0.1) is 11.3 Å². The molecule has 2 bridgehead atoms. The number of allylic oxidation sites excluding steroid dienone is 1. The molecule has 0 spiro atoms. The molecule has 2 aliphatic carbocycles. The van der Waals surface area contributed by atoms with E-state index in [4.69, 9.17) is 9.47 Å². The number of cyclic esters (lactones) is 1. The summed E-state index contributed by atoms with van der Waals surface area (Å²) in [6, 6.07) is 9.72. The van der Waals surface area contributed by atoms with Crippen LogP contribution in [0.3, 0.4) is 0 Å². The fraction of sp³-hybridized carbons (Fsp3) is 0.526. The molecular formula is C38H48N4O8S. The molecule has 4 aliphatic rings. The van der Waals surface area contributed by atoms with Gasteiger partial charge in [-0.2, -0.15) is 0 Å². The predicted molar refractivity (Wildman–Crippen MR) is 193 cm³/mol. The van der Waals surface area contributed by atoms with Crippen LogP contribution in [-0.2, 0) is 29.1 Å². The molecule has 4 amide bonds. The van der Waals surface area contributed by atoms with Crippen molar-refractivity contribution in [3.8, 4) is 5.75 Å². The Kier molecular flexibility index (Phi) is 10.2. The van der Waals surface area contributed by atoms with Crippen molar-refractivity contribution >= 4 is 50.7 Å². The summed E-state index contributed by atoms with van der Waals surface area (Å²) in [5.74, 6) is -1.84. The summed E-state index contributed by atoms with van der Waals surface area (Å²) in [6.07, 6.45) is 8.74. The first-order valence-electron chi connectivity index (χ1n) is 17.8. The van der Waals surface area contributed by atoms with Crippen LogP contribution in [0.2, 0.25) is 0 Å². The predicted octanol–water partition coefficient (Wildman–Crippen LogP) is 4.59. The molecular weight excluding hydrogens is 673 g/mol. The molecule has 2 saturated carbocycles. The molecule has 2 heterocycles. The highest BCUT2D eigenvalue weighted by atomic mass is 32.2. The molecule has 0 radical (unpaired) electrons. The molecule has 5 atom stereocenters. The monoisotopic (exact) mass is 720 g/mol. The maximum Gasteiger partial charge on any atom is 0.407 e.